The van der Waals surface area contributed by atoms with Gasteiger partial charge in [0.2, 0.25) is 0 Å². The third-order valence-electron chi connectivity index (χ3n) is 3.84. The number of aldehydes is 1. The van der Waals surface area contributed by atoms with E-state index in [1.807, 2.05) is 42.5 Å². The fourth-order valence-corrected chi connectivity index (χ4v) is 2.61. The third kappa shape index (κ3) is 3.17. The van der Waals surface area contributed by atoms with Gasteiger partial charge >= 0.3 is 6.09 Å². The van der Waals surface area contributed by atoms with Gasteiger partial charge in [0.1, 0.15) is 12.9 Å². The van der Waals surface area contributed by atoms with E-state index in [4.69, 9.17) is 4.74 Å². The third-order valence-corrected chi connectivity index (χ3v) is 3.84. The van der Waals surface area contributed by atoms with Crippen molar-refractivity contribution in [3.05, 3.63) is 70.8 Å². The molecule has 2 aromatic rings. The van der Waals surface area contributed by atoms with Gasteiger partial charge in [-0.1, -0.05) is 42.5 Å². The number of fused-ring (bicyclic) bond motifs is 1. The lowest BCUT2D eigenvalue weighted by molar-refractivity contribution is 0.0918. The summed E-state index contributed by atoms with van der Waals surface area (Å²) in [5.41, 5.74) is 3.87. The van der Waals surface area contributed by atoms with Crippen LogP contribution in [0.1, 0.15) is 27.0 Å². The van der Waals surface area contributed by atoms with Crippen molar-refractivity contribution >= 4 is 12.4 Å². The van der Waals surface area contributed by atoms with E-state index in [1.165, 1.54) is 0 Å². The van der Waals surface area contributed by atoms with Gasteiger partial charge in [-0.15, -0.1) is 0 Å². The molecule has 22 heavy (non-hydrogen) atoms. The van der Waals surface area contributed by atoms with Crippen molar-refractivity contribution in [2.45, 2.75) is 19.6 Å². The quantitative estimate of drug-likeness (QED) is 0.817. The summed E-state index contributed by atoms with van der Waals surface area (Å²) in [7, 11) is 0. The molecule has 1 aliphatic heterocycles. The van der Waals surface area contributed by atoms with Crippen LogP contribution in [0.5, 0.6) is 0 Å². The van der Waals surface area contributed by atoms with Gasteiger partial charge in [-0.25, -0.2) is 4.79 Å². The van der Waals surface area contributed by atoms with Crippen molar-refractivity contribution < 1.29 is 14.3 Å². The first-order valence-electron chi connectivity index (χ1n) is 7.29. The zero-order valence-corrected chi connectivity index (χ0v) is 12.2. The minimum Gasteiger partial charge on any atom is -0.445 e. The van der Waals surface area contributed by atoms with Gasteiger partial charge in [-0.3, -0.25) is 4.79 Å². The van der Waals surface area contributed by atoms with Gasteiger partial charge in [0.25, 0.3) is 0 Å². The zero-order chi connectivity index (χ0) is 15.4. The molecule has 4 heteroatoms. The molecule has 0 saturated heterocycles. The van der Waals surface area contributed by atoms with Crippen molar-refractivity contribution in [2.75, 3.05) is 6.54 Å². The first-order chi connectivity index (χ1) is 10.8. The van der Waals surface area contributed by atoms with E-state index in [-0.39, 0.29) is 12.7 Å². The topological polar surface area (TPSA) is 46.6 Å². The number of carbonyl (C=O) groups excluding carboxylic acids is 2. The standard InChI is InChI=1S/C18H17NO3/c20-12-15-6-7-17-11-19(9-8-16(17)10-15)18(21)22-13-14-4-2-1-3-5-14/h1-7,10,12H,8-9,11,13H2. The molecule has 2 aromatic carbocycles. The predicted molar refractivity (Wildman–Crippen MR) is 82.6 cm³/mol. The molecule has 0 unspecified atom stereocenters. The van der Waals surface area contributed by atoms with Crippen molar-refractivity contribution in [2.24, 2.45) is 0 Å². The smallest absolute Gasteiger partial charge is 0.410 e. The summed E-state index contributed by atoms with van der Waals surface area (Å²) < 4.78 is 5.36. The summed E-state index contributed by atoms with van der Waals surface area (Å²) in [5, 5.41) is 0. The second-order valence-electron chi connectivity index (χ2n) is 5.36. The van der Waals surface area contributed by atoms with Crippen molar-refractivity contribution in [1.82, 2.24) is 4.90 Å². The Morgan fingerprint density at radius 3 is 2.73 bits per heavy atom. The number of rotatable bonds is 3. The molecule has 0 radical (unpaired) electrons. The van der Waals surface area contributed by atoms with E-state index in [2.05, 4.69) is 0 Å². The number of amides is 1. The molecular weight excluding hydrogens is 278 g/mol. The molecule has 3 rings (SSSR count). The van der Waals surface area contributed by atoms with E-state index >= 15 is 0 Å². The molecule has 0 N–H and O–H groups in total. The Morgan fingerprint density at radius 2 is 1.95 bits per heavy atom. The highest BCUT2D eigenvalue weighted by molar-refractivity contribution is 5.75. The van der Waals surface area contributed by atoms with Gasteiger partial charge in [0.15, 0.2) is 0 Å². The highest BCUT2D eigenvalue weighted by atomic mass is 16.6. The lowest BCUT2D eigenvalue weighted by Crippen LogP contribution is -2.36. The second-order valence-corrected chi connectivity index (χ2v) is 5.36. The van der Waals surface area contributed by atoms with Gasteiger partial charge in [0, 0.05) is 18.7 Å². The summed E-state index contributed by atoms with van der Waals surface area (Å²) in [6.07, 6.45) is 1.30. The fourth-order valence-electron chi connectivity index (χ4n) is 2.61. The molecule has 1 amide bonds. The van der Waals surface area contributed by atoms with E-state index in [0.717, 1.165) is 29.4 Å². The van der Waals surface area contributed by atoms with Crippen LogP contribution in [0, 0.1) is 0 Å². The van der Waals surface area contributed by atoms with Crippen LogP contribution in [-0.4, -0.2) is 23.8 Å². The zero-order valence-electron chi connectivity index (χ0n) is 12.2. The maximum atomic E-state index is 12.2. The van der Waals surface area contributed by atoms with E-state index in [0.29, 0.717) is 18.7 Å². The monoisotopic (exact) mass is 295 g/mol. The van der Waals surface area contributed by atoms with E-state index in [9.17, 15) is 9.59 Å². The van der Waals surface area contributed by atoms with Crippen molar-refractivity contribution in [3.8, 4) is 0 Å². The van der Waals surface area contributed by atoms with Crippen molar-refractivity contribution in [3.63, 3.8) is 0 Å². The summed E-state index contributed by atoms with van der Waals surface area (Å²) in [5.74, 6) is 0. The average Bonchev–Trinajstić information content (AvgIpc) is 2.59. The minimum absolute atomic E-state index is 0.285. The van der Waals surface area contributed by atoms with Gasteiger partial charge < -0.3 is 9.64 Å². The first kappa shape index (κ1) is 14.3. The van der Waals surface area contributed by atoms with Crippen LogP contribution in [0.25, 0.3) is 0 Å². The number of ether oxygens (including phenoxy) is 1. The summed E-state index contributed by atoms with van der Waals surface area (Å²) >= 11 is 0. The van der Waals surface area contributed by atoms with Crippen LogP contribution in [0.4, 0.5) is 4.79 Å². The SMILES string of the molecule is O=Cc1ccc2c(c1)CCN(C(=O)OCc1ccccc1)C2. The molecule has 1 heterocycles. The Morgan fingerprint density at radius 1 is 1.14 bits per heavy atom. The summed E-state index contributed by atoms with van der Waals surface area (Å²) in [6.45, 7) is 1.43. The van der Waals surface area contributed by atoms with Gasteiger partial charge in [0.05, 0.1) is 0 Å². The van der Waals surface area contributed by atoms with Crippen LogP contribution in [0.15, 0.2) is 48.5 Å². The highest BCUT2D eigenvalue weighted by Gasteiger charge is 2.21. The number of hydrogen-bond donors (Lipinski definition) is 0. The highest BCUT2D eigenvalue weighted by Crippen LogP contribution is 2.20. The van der Waals surface area contributed by atoms with Crippen molar-refractivity contribution in [1.29, 1.82) is 0 Å². The molecule has 0 bridgehead atoms. The molecule has 0 aliphatic carbocycles. The largest absolute Gasteiger partial charge is 0.445 e. The average molecular weight is 295 g/mol. The molecule has 0 fully saturated rings. The van der Waals surface area contributed by atoms with Crippen LogP contribution < -0.4 is 0 Å². The molecular formula is C18H17NO3. The Bertz CT molecular complexity index is 682. The molecule has 0 aromatic heterocycles. The Labute approximate surface area is 129 Å². The Hall–Kier alpha value is -2.62. The van der Waals surface area contributed by atoms with Crippen LogP contribution >= 0.6 is 0 Å². The van der Waals surface area contributed by atoms with Gasteiger partial charge in [-0.05, 0) is 29.2 Å². The molecule has 0 atom stereocenters. The minimum atomic E-state index is -0.297. The van der Waals surface area contributed by atoms with Crippen LogP contribution in [0.2, 0.25) is 0 Å². The number of nitrogens with zero attached hydrogens (tertiary/aromatic N) is 1. The lowest BCUT2D eigenvalue weighted by Gasteiger charge is -2.28. The maximum absolute atomic E-state index is 12.2. The number of carbonyl (C=O) groups is 2. The van der Waals surface area contributed by atoms with Crippen LogP contribution in [-0.2, 0) is 24.3 Å². The molecule has 4 nitrogen and oxygen atoms in total. The maximum Gasteiger partial charge on any atom is 0.410 e. The Balaban J connectivity index is 1.61. The fraction of sp³-hybridized carbons (Fsp3) is 0.222. The first-order valence-corrected chi connectivity index (χ1v) is 7.29. The van der Waals surface area contributed by atoms with E-state index < -0.39 is 0 Å². The lowest BCUT2D eigenvalue weighted by atomic mass is 9.98. The Kier molecular flexibility index (Phi) is 4.19. The molecule has 112 valence electrons. The number of hydrogen-bond acceptors (Lipinski definition) is 3. The van der Waals surface area contributed by atoms with Gasteiger partial charge in [-0.2, -0.15) is 0 Å². The summed E-state index contributed by atoms with van der Waals surface area (Å²) in [6, 6.07) is 15.2. The normalized spacial score (nSPS) is 13.4. The summed E-state index contributed by atoms with van der Waals surface area (Å²) in [4.78, 5) is 24.7. The predicted octanol–water partition coefficient (Wildman–Crippen LogP) is 3.19. The van der Waals surface area contributed by atoms with E-state index in [1.54, 1.807) is 11.0 Å². The molecule has 0 spiro atoms. The second kappa shape index (κ2) is 6.43. The molecule has 0 saturated carbocycles. The number of benzene rings is 2. The van der Waals surface area contributed by atoms with Crippen LogP contribution in [0.3, 0.4) is 0 Å². The molecule has 1 aliphatic rings.